The molecular formula is C12H15BrFNO2. The maximum Gasteiger partial charge on any atom is 0.331 e. The molecule has 0 amide bonds. The number of hydrogen-bond donors (Lipinski definition) is 0. The Morgan fingerprint density at radius 3 is 2.65 bits per heavy atom. The first-order valence-corrected chi connectivity index (χ1v) is 5.90. The van der Waals surface area contributed by atoms with Crippen LogP contribution >= 0.6 is 16.1 Å². The van der Waals surface area contributed by atoms with Gasteiger partial charge in [-0.1, -0.05) is 16.2 Å². The van der Waals surface area contributed by atoms with Crippen molar-refractivity contribution < 1.29 is 14.0 Å². The second-order valence-corrected chi connectivity index (χ2v) is 5.53. The minimum Gasteiger partial charge on any atom is -0.356 e. The van der Waals surface area contributed by atoms with E-state index in [-0.39, 0.29) is 18.3 Å². The molecule has 0 aliphatic rings. The zero-order valence-electron chi connectivity index (χ0n) is 10.0. The number of carbonyl (C=O) groups excluding carboxylic acids is 1. The Kier molecular flexibility index (Phi) is 4.65. The van der Waals surface area contributed by atoms with Crippen molar-refractivity contribution in [1.82, 2.24) is 4.09 Å². The standard InChI is InChI=1S/C12H15BrFNO2/c1-12(2,3)11(16)17-15(13)8-9-5-4-6-10(14)7-9/h4-7H,8H2,1-3H3. The highest BCUT2D eigenvalue weighted by Crippen LogP contribution is 2.19. The van der Waals surface area contributed by atoms with Crippen LogP contribution in [0.4, 0.5) is 4.39 Å². The molecule has 0 aliphatic carbocycles. The fourth-order valence-electron chi connectivity index (χ4n) is 1.04. The third-order valence-corrected chi connectivity index (χ3v) is 2.39. The summed E-state index contributed by atoms with van der Waals surface area (Å²) in [5.74, 6) is -0.670. The fraction of sp³-hybridized carbons (Fsp3) is 0.417. The van der Waals surface area contributed by atoms with Crippen molar-refractivity contribution in [2.45, 2.75) is 27.3 Å². The lowest BCUT2D eigenvalue weighted by Gasteiger charge is -2.20. The Hall–Kier alpha value is -0.940. The van der Waals surface area contributed by atoms with E-state index in [4.69, 9.17) is 4.84 Å². The van der Waals surface area contributed by atoms with Gasteiger partial charge in [0.15, 0.2) is 0 Å². The fourth-order valence-corrected chi connectivity index (χ4v) is 1.46. The van der Waals surface area contributed by atoms with E-state index in [1.54, 1.807) is 32.9 Å². The SMILES string of the molecule is CC(C)(C)C(=O)ON(Br)Cc1cccc(F)c1. The Bertz CT molecular complexity index is 404. The van der Waals surface area contributed by atoms with Crippen LogP contribution in [0, 0.1) is 11.2 Å². The number of benzene rings is 1. The van der Waals surface area contributed by atoms with Crippen molar-refractivity contribution in [2.75, 3.05) is 0 Å². The Labute approximate surface area is 109 Å². The summed E-state index contributed by atoms with van der Waals surface area (Å²) in [5, 5.41) is 0. The molecule has 0 N–H and O–H groups in total. The van der Waals surface area contributed by atoms with Crippen molar-refractivity contribution >= 4 is 22.1 Å². The lowest BCUT2D eigenvalue weighted by atomic mass is 9.98. The zero-order valence-corrected chi connectivity index (χ0v) is 11.6. The van der Waals surface area contributed by atoms with E-state index in [9.17, 15) is 9.18 Å². The Morgan fingerprint density at radius 2 is 2.12 bits per heavy atom. The maximum absolute atomic E-state index is 12.9. The summed E-state index contributed by atoms with van der Waals surface area (Å²) >= 11 is 3.10. The molecule has 0 radical (unpaired) electrons. The van der Waals surface area contributed by atoms with Gasteiger partial charge in [-0.3, -0.25) is 0 Å². The molecule has 0 aliphatic heterocycles. The average molecular weight is 304 g/mol. The van der Waals surface area contributed by atoms with E-state index in [0.717, 1.165) is 0 Å². The van der Waals surface area contributed by atoms with Gasteiger partial charge in [-0.2, -0.15) is 0 Å². The van der Waals surface area contributed by atoms with Crippen LogP contribution in [0.1, 0.15) is 26.3 Å². The second kappa shape index (κ2) is 5.60. The van der Waals surface area contributed by atoms with Crippen LogP contribution in [0.5, 0.6) is 0 Å². The summed E-state index contributed by atoms with van der Waals surface area (Å²) in [6, 6.07) is 6.11. The number of hydrogen-bond acceptors (Lipinski definition) is 3. The number of rotatable bonds is 3. The minimum absolute atomic E-state index is 0.277. The molecule has 0 fully saturated rings. The topological polar surface area (TPSA) is 29.5 Å². The normalized spacial score (nSPS) is 11.6. The number of hydroxylamine groups is 1. The van der Waals surface area contributed by atoms with E-state index in [2.05, 4.69) is 16.1 Å². The van der Waals surface area contributed by atoms with Gasteiger partial charge in [0.25, 0.3) is 0 Å². The van der Waals surface area contributed by atoms with Crippen LogP contribution in [0.3, 0.4) is 0 Å². The summed E-state index contributed by atoms with van der Waals surface area (Å²) in [6.07, 6.45) is 0. The van der Waals surface area contributed by atoms with Crippen LogP contribution < -0.4 is 0 Å². The summed E-state index contributed by atoms with van der Waals surface area (Å²) < 4.78 is 14.1. The van der Waals surface area contributed by atoms with Crippen LogP contribution in [-0.2, 0) is 16.2 Å². The molecule has 1 rings (SSSR count). The van der Waals surface area contributed by atoms with Gasteiger partial charge < -0.3 is 4.84 Å². The van der Waals surface area contributed by atoms with Gasteiger partial charge in [-0.25, -0.2) is 9.18 Å². The molecule has 0 spiro atoms. The molecule has 0 aromatic heterocycles. The predicted molar refractivity (Wildman–Crippen MR) is 66.4 cm³/mol. The second-order valence-electron chi connectivity index (χ2n) is 4.73. The smallest absolute Gasteiger partial charge is 0.331 e. The van der Waals surface area contributed by atoms with Gasteiger partial charge in [0, 0.05) is 0 Å². The van der Waals surface area contributed by atoms with Crippen LogP contribution in [0.15, 0.2) is 24.3 Å². The first-order valence-electron chi connectivity index (χ1n) is 5.19. The monoisotopic (exact) mass is 303 g/mol. The van der Waals surface area contributed by atoms with Gasteiger partial charge in [-0.15, -0.1) is 0 Å². The highest BCUT2D eigenvalue weighted by Gasteiger charge is 2.25. The van der Waals surface area contributed by atoms with E-state index < -0.39 is 5.41 Å². The van der Waals surface area contributed by atoms with Gasteiger partial charge >= 0.3 is 5.97 Å². The van der Waals surface area contributed by atoms with Gasteiger partial charge in [0.05, 0.1) is 28.1 Å². The van der Waals surface area contributed by atoms with Gasteiger partial charge in [0.1, 0.15) is 5.82 Å². The van der Waals surface area contributed by atoms with Crippen molar-refractivity contribution in [3.8, 4) is 0 Å². The van der Waals surface area contributed by atoms with Gasteiger partial charge in [0.2, 0.25) is 0 Å². The first-order chi connectivity index (χ1) is 7.79. The molecule has 0 saturated heterocycles. The zero-order chi connectivity index (χ0) is 13.1. The minimum atomic E-state index is -0.575. The molecule has 0 bridgehead atoms. The number of halogens is 2. The molecule has 17 heavy (non-hydrogen) atoms. The van der Waals surface area contributed by atoms with E-state index in [1.165, 1.54) is 16.2 Å². The summed E-state index contributed by atoms with van der Waals surface area (Å²) in [6.45, 7) is 5.56. The summed E-state index contributed by atoms with van der Waals surface area (Å²) in [7, 11) is 0. The summed E-state index contributed by atoms with van der Waals surface area (Å²) in [4.78, 5) is 16.6. The van der Waals surface area contributed by atoms with Crippen molar-refractivity contribution in [3.05, 3.63) is 35.6 Å². The molecule has 1 aromatic carbocycles. The maximum atomic E-state index is 12.9. The third kappa shape index (κ3) is 4.83. The number of carbonyl (C=O) groups is 1. The molecule has 0 heterocycles. The van der Waals surface area contributed by atoms with Crippen LogP contribution in [-0.4, -0.2) is 10.1 Å². The Morgan fingerprint density at radius 1 is 1.47 bits per heavy atom. The lowest BCUT2D eigenvalue weighted by molar-refractivity contribution is -0.177. The molecule has 0 atom stereocenters. The molecule has 5 heteroatoms. The highest BCUT2D eigenvalue weighted by atomic mass is 79.9. The molecule has 0 saturated carbocycles. The first kappa shape index (κ1) is 14.1. The molecule has 3 nitrogen and oxygen atoms in total. The molecule has 1 aromatic rings. The third-order valence-electron chi connectivity index (χ3n) is 1.99. The average Bonchev–Trinajstić information content (AvgIpc) is 2.15. The quantitative estimate of drug-likeness (QED) is 0.633. The predicted octanol–water partition coefficient (Wildman–Crippen LogP) is 3.44. The number of nitrogens with zero attached hydrogens (tertiary/aromatic N) is 1. The molecule has 0 unspecified atom stereocenters. The van der Waals surface area contributed by atoms with E-state index in [1.807, 2.05) is 0 Å². The summed E-state index contributed by atoms with van der Waals surface area (Å²) in [5.41, 5.74) is 0.136. The largest absolute Gasteiger partial charge is 0.356 e. The Balaban J connectivity index is 2.56. The van der Waals surface area contributed by atoms with Crippen LogP contribution in [0.2, 0.25) is 0 Å². The van der Waals surface area contributed by atoms with Crippen molar-refractivity contribution in [2.24, 2.45) is 5.41 Å². The van der Waals surface area contributed by atoms with Gasteiger partial charge in [-0.05, 0) is 38.5 Å². The molecule has 94 valence electrons. The lowest BCUT2D eigenvalue weighted by Crippen LogP contribution is -2.28. The van der Waals surface area contributed by atoms with Crippen molar-refractivity contribution in [3.63, 3.8) is 0 Å². The van der Waals surface area contributed by atoms with E-state index in [0.29, 0.717) is 5.56 Å². The highest BCUT2D eigenvalue weighted by molar-refractivity contribution is 9.07. The van der Waals surface area contributed by atoms with E-state index >= 15 is 0 Å². The van der Waals surface area contributed by atoms with Crippen molar-refractivity contribution in [1.29, 1.82) is 0 Å². The molecular weight excluding hydrogens is 289 g/mol. The van der Waals surface area contributed by atoms with Crippen LogP contribution in [0.25, 0.3) is 0 Å².